The van der Waals surface area contributed by atoms with E-state index in [1.807, 2.05) is 50.4 Å². The molecule has 0 fully saturated rings. The van der Waals surface area contributed by atoms with Gasteiger partial charge in [-0.05, 0) is 36.2 Å². The van der Waals surface area contributed by atoms with Crippen LogP contribution in [0.3, 0.4) is 0 Å². The Hall–Kier alpha value is -3.14. The highest BCUT2D eigenvalue weighted by atomic mass is 16.1. The summed E-state index contributed by atoms with van der Waals surface area (Å²) in [5.74, 6) is -0.0350. The molecule has 0 spiro atoms. The zero-order valence-corrected chi connectivity index (χ0v) is 17.6. The molecule has 0 unspecified atom stereocenters. The fraction of sp³-hybridized carbons (Fsp3) is 0.280. The van der Waals surface area contributed by atoms with Crippen LogP contribution < -0.4 is 16.0 Å². The van der Waals surface area contributed by atoms with Gasteiger partial charge in [-0.3, -0.25) is 4.79 Å². The van der Waals surface area contributed by atoms with E-state index in [1.54, 1.807) is 0 Å². The average molecular weight is 388 g/mol. The number of hydrogen-bond donors (Lipinski definition) is 2. The van der Waals surface area contributed by atoms with Crippen molar-refractivity contribution < 1.29 is 4.79 Å². The van der Waals surface area contributed by atoms with Crippen molar-refractivity contribution in [2.45, 2.75) is 34.1 Å². The zero-order valence-electron chi connectivity index (χ0n) is 17.6. The molecule has 2 N–H and O–H groups in total. The standard InChI is InChI=1S/C23H23N3O.C2H6/c1-23(2)11-13-24-21-19(15-23)18-14-16(8-9-20(18)26-21)10-12-25-22(27)17-6-4-3-5-7-17;1-2/h3-9,11,13-15H,10,12H2,1-2H3,(H,24,26)(H,25,27);1-2H3. The predicted molar refractivity (Wildman–Crippen MR) is 120 cm³/mol. The van der Waals surface area contributed by atoms with Crippen LogP contribution in [-0.4, -0.2) is 17.4 Å². The second-order valence-corrected chi connectivity index (χ2v) is 7.55. The number of carbonyl (C=O) groups excluding carboxylic acids is 1. The molecular weight excluding hydrogens is 358 g/mol. The summed E-state index contributed by atoms with van der Waals surface area (Å²) in [7, 11) is 0. The van der Waals surface area contributed by atoms with Gasteiger partial charge in [0.15, 0.2) is 0 Å². The molecule has 2 aromatic carbocycles. The summed E-state index contributed by atoms with van der Waals surface area (Å²) in [6.07, 6.45) is 7.02. The number of nitrogens with zero attached hydrogens (tertiary/aromatic N) is 1. The minimum atomic E-state index is -0.0382. The lowest BCUT2D eigenvalue weighted by Crippen LogP contribution is -2.25. The van der Waals surface area contributed by atoms with Gasteiger partial charge in [0, 0.05) is 39.8 Å². The maximum atomic E-state index is 12.2. The maximum absolute atomic E-state index is 12.2. The van der Waals surface area contributed by atoms with Crippen molar-refractivity contribution in [2.75, 3.05) is 6.54 Å². The molecule has 0 radical (unpaired) electrons. The van der Waals surface area contributed by atoms with Crippen molar-refractivity contribution in [1.29, 1.82) is 0 Å². The van der Waals surface area contributed by atoms with Crippen molar-refractivity contribution in [3.63, 3.8) is 0 Å². The summed E-state index contributed by atoms with van der Waals surface area (Å²) in [5.41, 5.74) is 3.84. The summed E-state index contributed by atoms with van der Waals surface area (Å²) >= 11 is 0. The Morgan fingerprint density at radius 2 is 1.86 bits per heavy atom. The van der Waals surface area contributed by atoms with Crippen LogP contribution in [0.1, 0.15) is 43.6 Å². The number of nitrogens with one attached hydrogen (secondary N) is 2. The zero-order chi connectivity index (χ0) is 20.9. The SMILES string of the molecule is CC.CC1(C)C=CN=c2[nH]c3ccc(CCNC(=O)c4ccccc4)cc3c2=C1. The van der Waals surface area contributed by atoms with E-state index in [4.69, 9.17) is 0 Å². The van der Waals surface area contributed by atoms with E-state index in [9.17, 15) is 4.79 Å². The van der Waals surface area contributed by atoms with Gasteiger partial charge in [-0.2, -0.15) is 0 Å². The van der Waals surface area contributed by atoms with Gasteiger partial charge in [0.2, 0.25) is 0 Å². The van der Waals surface area contributed by atoms with Crippen molar-refractivity contribution in [1.82, 2.24) is 10.3 Å². The van der Waals surface area contributed by atoms with Gasteiger partial charge in [-0.25, -0.2) is 4.99 Å². The molecule has 0 saturated heterocycles. The van der Waals surface area contributed by atoms with E-state index in [1.165, 1.54) is 10.9 Å². The van der Waals surface area contributed by atoms with Crippen molar-refractivity contribution in [2.24, 2.45) is 10.4 Å². The molecule has 1 aromatic heterocycles. The molecule has 0 bridgehead atoms. The van der Waals surface area contributed by atoms with Gasteiger partial charge in [0.25, 0.3) is 5.91 Å². The normalized spacial score (nSPS) is 13.9. The van der Waals surface area contributed by atoms with E-state index in [0.29, 0.717) is 12.1 Å². The maximum Gasteiger partial charge on any atom is 0.251 e. The minimum Gasteiger partial charge on any atom is -0.352 e. The first-order chi connectivity index (χ1) is 14.0. The summed E-state index contributed by atoms with van der Waals surface area (Å²) in [6.45, 7) is 8.96. The predicted octanol–water partition coefficient (Wildman–Crippen LogP) is 4.12. The van der Waals surface area contributed by atoms with Crippen LogP contribution in [0, 0.1) is 5.41 Å². The summed E-state index contributed by atoms with van der Waals surface area (Å²) in [5, 5.41) is 5.32. The molecule has 1 amide bonds. The molecule has 4 nitrogen and oxygen atoms in total. The third-order valence-electron chi connectivity index (χ3n) is 4.84. The van der Waals surface area contributed by atoms with E-state index >= 15 is 0 Å². The first kappa shape index (κ1) is 20.6. The molecule has 29 heavy (non-hydrogen) atoms. The Morgan fingerprint density at radius 1 is 1.10 bits per heavy atom. The number of aromatic amines is 1. The van der Waals surface area contributed by atoms with Crippen molar-refractivity contribution in [3.8, 4) is 0 Å². The average Bonchev–Trinajstić information content (AvgIpc) is 2.97. The first-order valence-corrected chi connectivity index (χ1v) is 10.2. The molecule has 1 aliphatic heterocycles. The van der Waals surface area contributed by atoms with Crippen LogP contribution in [0.25, 0.3) is 17.0 Å². The van der Waals surface area contributed by atoms with Gasteiger partial charge >= 0.3 is 0 Å². The van der Waals surface area contributed by atoms with Gasteiger partial charge < -0.3 is 10.3 Å². The van der Waals surface area contributed by atoms with E-state index in [-0.39, 0.29) is 11.3 Å². The van der Waals surface area contributed by atoms with Gasteiger partial charge in [-0.15, -0.1) is 0 Å². The molecule has 3 aromatic rings. The van der Waals surface area contributed by atoms with Crippen LogP contribution >= 0.6 is 0 Å². The second-order valence-electron chi connectivity index (χ2n) is 7.55. The highest BCUT2D eigenvalue weighted by Gasteiger charge is 2.14. The van der Waals surface area contributed by atoms with Crippen LogP contribution in [0.5, 0.6) is 0 Å². The second kappa shape index (κ2) is 8.91. The highest BCUT2D eigenvalue weighted by molar-refractivity contribution is 5.94. The van der Waals surface area contributed by atoms with E-state index in [2.05, 4.69) is 59.5 Å². The lowest BCUT2D eigenvalue weighted by molar-refractivity contribution is 0.0954. The van der Waals surface area contributed by atoms with Crippen molar-refractivity contribution in [3.05, 3.63) is 82.6 Å². The third-order valence-corrected chi connectivity index (χ3v) is 4.84. The van der Waals surface area contributed by atoms with Gasteiger partial charge in [0.1, 0.15) is 5.49 Å². The Kier molecular flexibility index (Phi) is 6.32. The topological polar surface area (TPSA) is 57.2 Å². The number of aromatic nitrogens is 1. The fourth-order valence-corrected chi connectivity index (χ4v) is 3.39. The Bertz CT molecular complexity index is 1140. The Labute approximate surface area is 172 Å². The lowest BCUT2D eigenvalue weighted by atomic mass is 9.92. The fourth-order valence-electron chi connectivity index (χ4n) is 3.39. The van der Waals surface area contributed by atoms with E-state index < -0.39 is 0 Å². The molecule has 4 heteroatoms. The summed E-state index contributed by atoms with van der Waals surface area (Å²) in [6, 6.07) is 15.7. The third kappa shape index (κ3) is 4.83. The molecule has 4 rings (SSSR count). The number of H-pyrrole nitrogens is 1. The molecule has 0 atom stereocenters. The quantitative estimate of drug-likeness (QED) is 0.695. The number of amides is 1. The number of benzene rings is 2. The first-order valence-electron chi connectivity index (χ1n) is 10.2. The summed E-state index contributed by atoms with van der Waals surface area (Å²) in [4.78, 5) is 20.1. The molecule has 1 aliphatic rings. The molecule has 0 aliphatic carbocycles. The molecule has 2 heterocycles. The molecule has 150 valence electrons. The number of rotatable bonds is 4. The lowest BCUT2D eigenvalue weighted by Gasteiger charge is -2.12. The van der Waals surface area contributed by atoms with Crippen LogP contribution in [0.4, 0.5) is 0 Å². The van der Waals surface area contributed by atoms with Crippen LogP contribution in [0.2, 0.25) is 0 Å². The minimum absolute atomic E-state index is 0.0350. The largest absolute Gasteiger partial charge is 0.352 e. The molecular formula is C25H29N3O. The highest BCUT2D eigenvalue weighted by Crippen LogP contribution is 2.20. The number of hydrogen-bond acceptors (Lipinski definition) is 2. The van der Waals surface area contributed by atoms with Gasteiger partial charge in [-0.1, -0.05) is 64.1 Å². The number of carbonyl (C=O) groups is 1. The van der Waals surface area contributed by atoms with Crippen LogP contribution in [-0.2, 0) is 6.42 Å². The van der Waals surface area contributed by atoms with Gasteiger partial charge in [0.05, 0.1) is 0 Å². The smallest absolute Gasteiger partial charge is 0.251 e. The van der Waals surface area contributed by atoms with Crippen molar-refractivity contribution >= 4 is 22.9 Å². The monoisotopic (exact) mass is 387 g/mol. The number of fused-ring (bicyclic) bond motifs is 3. The number of allylic oxidation sites excluding steroid dienone is 1. The van der Waals surface area contributed by atoms with E-state index in [0.717, 1.165) is 22.6 Å². The Balaban J connectivity index is 0.00000117. The molecule has 0 saturated carbocycles. The van der Waals surface area contributed by atoms with Crippen LogP contribution in [0.15, 0.2) is 65.8 Å². The summed E-state index contributed by atoms with van der Waals surface area (Å²) < 4.78 is 0. The Morgan fingerprint density at radius 3 is 2.62 bits per heavy atom.